The Balaban J connectivity index is 2.18. The summed E-state index contributed by atoms with van der Waals surface area (Å²) in [5.41, 5.74) is 0.737. The number of carbonyl (C=O) groups is 2. The molecule has 0 saturated heterocycles. The number of carbonyl (C=O) groups excluding carboxylic acids is 2. The van der Waals surface area contributed by atoms with E-state index in [1.54, 1.807) is 43.3 Å². The summed E-state index contributed by atoms with van der Waals surface area (Å²) in [6.07, 6.45) is 0. The summed E-state index contributed by atoms with van der Waals surface area (Å²) in [5, 5.41) is 2.83. The molecular formula is C32H41N3O9S. The van der Waals surface area contributed by atoms with Gasteiger partial charge in [0, 0.05) is 24.7 Å². The molecule has 2 amide bonds. The van der Waals surface area contributed by atoms with E-state index in [1.165, 1.54) is 64.7 Å². The van der Waals surface area contributed by atoms with Gasteiger partial charge in [0.1, 0.15) is 29.8 Å². The Hall–Kier alpha value is -4.65. The maximum Gasteiger partial charge on any atom is 0.265 e. The van der Waals surface area contributed by atoms with E-state index < -0.39 is 34.4 Å². The fourth-order valence-electron chi connectivity index (χ4n) is 4.56. The minimum atomic E-state index is -4.45. The summed E-state index contributed by atoms with van der Waals surface area (Å²) in [6, 6.07) is 14.7. The van der Waals surface area contributed by atoms with E-state index in [9.17, 15) is 18.0 Å². The molecule has 1 N–H and O–H groups in total. The Kier molecular flexibility index (Phi) is 11.9. The number of benzene rings is 3. The van der Waals surface area contributed by atoms with Crippen LogP contribution in [0.1, 0.15) is 26.3 Å². The van der Waals surface area contributed by atoms with Gasteiger partial charge >= 0.3 is 0 Å². The Bertz CT molecular complexity index is 1590. The number of ether oxygens (including phenoxy) is 5. The lowest BCUT2D eigenvalue weighted by molar-refractivity contribution is -0.139. The van der Waals surface area contributed by atoms with Crippen molar-refractivity contribution in [2.45, 2.75) is 44.3 Å². The SMILES string of the molecule is COc1cccc(CN(C(=O)CN(c2cc(OC)ccc2OC)S(=O)(=O)c2ccc(OC)c(OC)c2)C(C)C(=O)NC(C)C)c1. The third kappa shape index (κ3) is 8.29. The van der Waals surface area contributed by atoms with E-state index >= 15 is 0 Å². The topological polar surface area (TPSA) is 133 Å². The van der Waals surface area contributed by atoms with Gasteiger partial charge in [0.05, 0.1) is 46.1 Å². The van der Waals surface area contributed by atoms with Crippen molar-refractivity contribution in [3.05, 3.63) is 66.2 Å². The number of rotatable bonds is 15. The van der Waals surface area contributed by atoms with Crippen LogP contribution in [0, 0.1) is 0 Å². The summed E-state index contributed by atoms with van der Waals surface area (Å²) >= 11 is 0. The van der Waals surface area contributed by atoms with Crippen LogP contribution in [-0.4, -0.2) is 79.3 Å². The normalized spacial score (nSPS) is 11.8. The van der Waals surface area contributed by atoms with Gasteiger partial charge in [0.2, 0.25) is 11.8 Å². The third-order valence-corrected chi connectivity index (χ3v) is 8.72. The number of sulfonamides is 1. The van der Waals surface area contributed by atoms with Crippen molar-refractivity contribution in [1.29, 1.82) is 0 Å². The van der Waals surface area contributed by atoms with Crippen LogP contribution in [0.3, 0.4) is 0 Å². The Morgan fingerprint density at radius 2 is 1.38 bits per heavy atom. The van der Waals surface area contributed by atoms with Crippen molar-refractivity contribution < 1.29 is 41.7 Å². The summed E-state index contributed by atoms with van der Waals surface area (Å²) in [4.78, 5) is 28.6. The highest BCUT2D eigenvalue weighted by molar-refractivity contribution is 7.92. The lowest BCUT2D eigenvalue weighted by Crippen LogP contribution is -2.52. The molecule has 3 rings (SSSR count). The smallest absolute Gasteiger partial charge is 0.265 e. The molecule has 12 nitrogen and oxygen atoms in total. The highest BCUT2D eigenvalue weighted by atomic mass is 32.2. The summed E-state index contributed by atoms with van der Waals surface area (Å²) < 4.78 is 56.6. The molecule has 1 unspecified atom stereocenters. The maximum atomic E-state index is 14.4. The summed E-state index contributed by atoms with van der Waals surface area (Å²) in [7, 11) is 2.73. The van der Waals surface area contributed by atoms with Crippen LogP contribution in [0.5, 0.6) is 28.7 Å². The molecule has 0 bridgehead atoms. The molecule has 3 aromatic rings. The van der Waals surface area contributed by atoms with Crippen molar-refractivity contribution in [1.82, 2.24) is 10.2 Å². The lowest BCUT2D eigenvalue weighted by Gasteiger charge is -2.32. The Morgan fingerprint density at radius 3 is 1.98 bits per heavy atom. The van der Waals surface area contributed by atoms with Crippen molar-refractivity contribution in [2.75, 3.05) is 46.4 Å². The minimum absolute atomic E-state index is 0.00219. The van der Waals surface area contributed by atoms with Crippen molar-refractivity contribution in [2.24, 2.45) is 0 Å². The van der Waals surface area contributed by atoms with Gasteiger partial charge in [-0.1, -0.05) is 12.1 Å². The van der Waals surface area contributed by atoms with E-state index in [0.717, 1.165) is 4.31 Å². The number of anilines is 1. The van der Waals surface area contributed by atoms with E-state index in [2.05, 4.69) is 5.32 Å². The largest absolute Gasteiger partial charge is 0.497 e. The first-order valence-corrected chi connectivity index (χ1v) is 15.5. The van der Waals surface area contributed by atoms with E-state index in [1.807, 2.05) is 13.8 Å². The van der Waals surface area contributed by atoms with Crippen molar-refractivity contribution >= 4 is 27.5 Å². The molecule has 0 saturated carbocycles. The van der Waals surface area contributed by atoms with Gasteiger partial charge in [-0.05, 0) is 62.7 Å². The van der Waals surface area contributed by atoms with Crippen LogP contribution in [0.15, 0.2) is 65.6 Å². The van der Waals surface area contributed by atoms with E-state index in [0.29, 0.717) is 22.8 Å². The molecule has 244 valence electrons. The molecule has 0 aliphatic carbocycles. The van der Waals surface area contributed by atoms with Crippen LogP contribution in [0.4, 0.5) is 5.69 Å². The molecule has 0 radical (unpaired) electrons. The molecule has 0 heterocycles. The van der Waals surface area contributed by atoms with Crippen molar-refractivity contribution in [3.63, 3.8) is 0 Å². The summed E-state index contributed by atoms with van der Waals surface area (Å²) in [6.45, 7) is 4.54. The standard InChI is InChI=1S/C32H41N3O9S/c1-21(2)33-32(37)22(3)34(19-23-10-9-11-24(16-23)40-4)31(36)20-35(27-17-25(41-5)12-14-28(27)42-6)45(38,39)26-13-15-29(43-7)30(18-26)44-8/h9-18,21-22H,19-20H2,1-8H3,(H,33,37). The minimum Gasteiger partial charge on any atom is -0.497 e. The van der Waals surface area contributed by atoms with Gasteiger partial charge in [-0.2, -0.15) is 0 Å². The molecule has 0 aliphatic rings. The second-order valence-corrected chi connectivity index (χ2v) is 12.1. The van der Waals surface area contributed by atoms with Crippen LogP contribution in [0.2, 0.25) is 0 Å². The number of nitrogens with one attached hydrogen (secondary N) is 1. The average Bonchev–Trinajstić information content (AvgIpc) is 3.04. The second-order valence-electron chi connectivity index (χ2n) is 10.3. The predicted octanol–water partition coefficient (Wildman–Crippen LogP) is 3.87. The van der Waals surface area contributed by atoms with E-state index in [4.69, 9.17) is 23.7 Å². The fourth-order valence-corrected chi connectivity index (χ4v) is 6.00. The average molecular weight is 644 g/mol. The van der Waals surface area contributed by atoms with Gasteiger partial charge in [0.15, 0.2) is 11.5 Å². The highest BCUT2D eigenvalue weighted by Gasteiger charge is 2.34. The van der Waals surface area contributed by atoms with Gasteiger partial charge in [0.25, 0.3) is 10.0 Å². The first kappa shape index (κ1) is 34.8. The number of hydrogen-bond donors (Lipinski definition) is 1. The number of hydrogen-bond acceptors (Lipinski definition) is 9. The number of nitrogens with zero attached hydrogens (tertiary/aromatic N) is 2. The highest BCUT2D eigenvalue weighted by Crippen LogP contribution is 2.38. The third-order valence-electron chi connectivity index (χ3n) is 6.96. The monoisotopic (exact) mass is 643 g/mol. The molecule has 0 aliphatic heterocycles. The lowest BCUT2D eigenvalue weighted by atomic mass is 10.1. The molecule has 13 heteroatoms. The molecule has 0 aromatic heterocycles. The molecule has 0 spiro atoms. The van der Waals surface area contributed by atoms with Crippen LogP contribution < -0.4 is 33.3 Å². The quantitative estimate of drug-likeness (QED) is 0.262. The molecule has 1 atom stereocenters. The zero-order valence-corrected chi connectivity index (χ0v) is 27.6. The summed E-state index contributed by atoms with van der Waals surface area (Å²) in [5.74, 6) is 0.556. The molecular weight excluding hydrogens is 602 g/mol. The second kappa shape index (κ2) is 15.4. The molecule has 3 aromatic carbocycles. The van der Waals surface area contributed by atoms with Crippen LogP contribution in [0.25, 0.3) is 0 Å². The van der Waals surface area contributed by atoms with Gasteiger partial charge in [-0.15, -0.1) is 0 Å². The fraction of sp³-hybridized carbons (Fsp3) is 0.375. The van der Waals surface area contributed by atoms with Crippen molar-refractivity contribution in [3.8, 4) is 28.7 Å². The van der Waals surface area contributed by atoms with Gasteiger partial charge in [-0.25, -0.2) is 8.42 Å². The van der Waals surface area contributed by atoms with Crippen LogP contribution in [-0.2, 0) is 26.2 Å². The van der Waals surface area contributed by atoms with Gasteiger partial charge < -0.3 is 33.9 Å². The van der Waals surface area contributed by atoms with Gasteiger partial charge in [-0.3, -0.25) is 13.9 Å². The first-order valence-electron chi connectivity index (χ1n) is 14.1. The zero-order chi connectivity index (χ0) is 33.3. The first-order chi connectivity index (χ1) is 21.4. The number of methoxy groups -OCH3 is 5. The maximum absolute atomic E-state index is 14.4. The molecule has 0 fully saturated rings. The Labute approximate surface area is 264 Å². The number of amides is 2. The Morgan fingerprint density at radius 1 is 0.756 bits per heavy atom. The predicted molar refractivity (Wildman–Crippen MR) is 170 cm³/mol. The van der Waals surface area contributed by atoms with Crippen LogP contribution >= 0.6 is 0 Å². The van der Waals surface area contributed by atoms with E-state index in [-0.39, 0.29) is 34.7 Å². The molecule has 45 heavy (non-hydrogen) atoms. The zero-order valence-electron chi connectivity index (χ0n) is 26.8.